The van der Waals surface area contributed by atoms with E-state index in [0.29, 0.717) is 0 Å². The molecule has 0 aliphatic heterocycles. The van der Waals surface area contributed by atoms with E-state index in [1.807, 2.05) is 18.2 Å². The zero-order chi connectivity index (χ0) is 10.8. The lowest BCUT2D eigenvalue weighted by Crippen LogP contribution is -1.85. The van der Waals surface area contributed by atoms with Crippen molar-refractivity contribution >= 4 is 0 Å². The molecule has 15 heavy (non-hydrogen) atoms. The van der Waals surface area contributed by atoms with E-state index in [4.69, 9.17) is 0 Å². The van der Waals surface area contributed by atoms with Crippen molar-refractivity contribution < 1.29 is 5.11 Å². The van der Waals surface area contributed by atoms with Gasteiger partial charge in [0.1, 0.15) is 5.75 Å². The number of aryl methyl sites for hydroxylation is 2. The minimum Gasteiger partial charge on any atom is -0.507 e. The van der Waals surface area contributed by atoms with Gasteiger partial charge in [-0.15, -0.1) is 0 Å². The minimum atomic E-state index is 0.282. The summed E-state index contributed by atoms with van der Waals surface area (Å²) in [6, 6.07) is 14.4. The maximum atomic E-state index is 9.73. The smallest absolute Gasteiger partial charge is 0.124 e. The highest BCUT2D eigenvalue weighted by molar-refractivity contribution is 5.72. The minimum absolute atomic E-state index is 0.282. The molecule has 0 unspecified atom stereocenters. The van der Waals surface area contributed by atoms with Crippen LogP contribution in [0, 0.1) is 19.9 Å². The maximum Gasteiger partial charge on any atom is 0.124 e. The van der Waals surface area contributed by atoms with Crippen LogP contribution in [-0.2, 0) is 0 Å². The molecule has 0 fully saturated rings. The zero-order valence-corrected chi connectivity index (χ0v) is 8.91. The molecular formula is C14H13O. The van der Waals surface area contributed by atoms with Crippen molar-refractivity contribution in [1.82, 2.24) is 0 Å². The van der Waals surface area contributed by atoms with Crippen LogP contribution in [0.1, 0.15) is 11.1 Å². The molecule has 2 aromatic rings. The molecule has 0 saturated carbocycles. The molecule has 0 spiro atoms. The van der Waals surface area contributed by atoms with Crippen LogP contribution in [0.2, 0.25) is 0 Å². The Hall–Kier alpha value is -1.76. The van der Waals surface area contributed by atoms with Crippen molar-refractivity contribution in [2.45, 2.75) is 13.8 Å². The van der Waals surface area contributed by atoms with Gasteiger partial charge in [-0.2, -0.15) is 0 Å². The molecular weight excluding hydrogens is 184 g/mol. The first kappa shape index (κ1) is 9.78. The Bertz CT molecular complexity index is 486. The molecule has 75 valence electrons. The lowest BCUT2D eigenvalue weighted by atomic mass is 9.98. The highest BCUT2D eigenvalue weighted by Crippen LogP contribution is 2.31. The summed E-state index contributed by atoms with van der Waals surface area (Å²) in [6.07, 6.45) is 0. The average Bonchev–Trinajstić information content (AvgIpc) is 2.20. The topological polar surface area (TPSA) is 20.2 Å². The van der Waals surface area contributed by atoms with E-state index < -0.39 is 0 Å². The molecule has 2 aromatic carbocycles. The monoisotopic (exact) mass is 197 g/mol. The van der Waals surface area contributed by atoms with Gasteiger partial charge in [0.05, 0.1) is 0 Å². The Labute approximate surface area is 90.0 Å². The second kappa shape index (κ2) is 3.77. The summed E-state index contributed by atoms with van der Waals surface area (Å²) >= 11 is 0. The molecule has 1 N–H and O–H groups in total. The fourth-order valence-electron chi connectivity index (χ4n) is 1.77. The molecule has 0 heterocycles. The predicted octanol–water partition coefficient (Wildman–Crippen LogP) is 3.48. The molecule has 1 heteroatoms. The van der Waals surface area contributed by atoms with Crippen LogP contribution >= 0.6 is 0 Å². The molecule has 0 aliphatic carbocycles. The Kier molecular flexibility index (Phi) is 2.46. The Morgan fingerprint density at radius 3 is 2.53 bits per heavy atom. The molecule has 1 radical (unpaired) electrons. The Balaban J connectivity index is 2.60. The van der Waals surface area contributed by atoms with Gasteiger partial charge in [0.15, 0.2) is 0 Å². The zero-order valence-electron chi connectivity index (χ0n) is 8.91. The van der Waals surface area contributed by atoms with Crippen molar-refractivity contribution in [1.29, 1.82) is 0 Å². The molecule has 0 amide bonds. The third kappa shape index (κ3) is 1.86. The van der Waals surface area contributed by atoms with Gasteiger partial charge in [0, 0.05) is 5.56 Å². The lowest BCUT2D eigenvalue weighted by molar-refractivity contribution is 0.477. The summed E-state index contributed by atoms with van der Waals surface area (Å²) in [5, 5.41) is 9.73. The quantitative estimate of drug-likeness (QED) is 0.742. The first-order valence-corrected chi connectivity index (χ1v) is 4.95. The van der Waals surface area contributed by atoms with Crippen LogP contribution in [0.15, 0.2) is 36.4 Å². The van der Waals surface area contributed by atoms with E-state index in [9.17, 15) is 5.11 Å². The van der Waals surface area contributed by atoms with E-state index >= 15 is 0 Å². The van der Waals surface area contributed by atoms with Crippen LogP contribution in [0.3, 0.4) is 0 Å². The largest absolute Gasteiger partial charge is 0.507 e. The summed E-state index contributed by atoms with van der Waals surface area (Å²) < 4.78 is 0. The highest BCUT2D eigenvalue weighted by Gasteiger charge is 2.05. The van der Waals surface area contributed by atoms with E-state index in [1.165, 1.54) is 11.1 Å². The molecule has 0 aliphatic rings. The van der Waals surface area contributed by atoms with Gasteiger partial charge in [-0.25, -0.2) is 0 Å². The molecule has 0 bridgehead atoms. The van der Waals surface area contributed by atoms with Gasteiger partial charge in [0.2, 0.25) is 0 Å². The lowest BCUT2D eigenvalue weighted by Gasteiger charge is -2.08. The third-order valence-electron chi connectivity index (χ3n) is 2.51. The third-order valence-corrected chi connectivity index (χ3v) is 2.51. The van der Waals surface area contributed by atoms with E-state index in [0.717, 1.165) is 11.1 Å². The van der Waals surface area contributed by atoms with E-state index in [1.54, 1.807) is 6.07 Å². The van der Waals surface area contributed by atoms with Gasteiger partial charge in [-0.3, -0.25) is 0 Å². The molecule has 0 saturated heterocycles. The number of benzene rings is 2. The number of hydrogen-bond donors (Lipinski definition) is 1. The second-order valence-electron chi connectivity index (χ2n) is 3.76. The van der Waals surface area contributed by atoms with Crippen LogP contribution in [0.5, 0.6) is 5.75 Å². The number of rotatable bonds is 1. The van der Waals surface area contributed by atoms with Crippen LogP contribution in [0.4, 0.5) is 0 Å². The normalized spacial score (nSPS) is 10.3. The van der Waals surface area contributed by atoms with Crippen molar-refractivity contribution in [3.8, 4) is 16.9 Å². The first-order chi connectivity index (χ1) is 7.18. The number of phenols is 1. The van der Waals surface area contributed by atoms with Crippen molar-refractivity contribution in [2.24, 2.45) is 0 Å². The second-order valence-corrected chi connectivity index (χ2v) is 3.76. The van der Waals surface area contributed by atoms with Crippen molar-refractivity contribution in [3.05, 3.63) is 53.6 Å². The van der Waals surface area contributed by atoms with Gasteiger partial charge >= 0.3 is 0 Å². The summed E-state index contributed by atoms with van der Waals surface area (Å²) in [5.41, 5.74) is 4.35. The molecule has 2 rings (SSSR count). The number of aromatic hydroxyl groups is 1. The Morgan fingerprint density at radius 2 is 1.87 bits per heavy atom. The summed E-state index contributed by atoms with van der Waals surface area (Å²) in [5.74, 6) is 0.282. The molecule has 0 aromatic heterocycles. The van der Waals surface area contributed by atoms with Crippen molar-refractivity contribution in [2.75, 3.05) is 0 Å². The Morgan fingerprint density at radius 1 is 1.07 bits per heavy atom. The maximum absolute atomic E-state index is 9.73. The summed E-state index contributed by atoms with van der Waals surface area (Å²) in [7, 11) is 0. The van der Waals surface area contributed by atoms with Crippen LogP contribution < -0.4 is 0 Å². The molecule has 1 nitrogen and oxygen atoms in total. The fraction of sp³-hybridized carbons (Fsp3) is 0.143. The van der Waals surface area contributed by atoms with E-state index in [-0.39, 0.29) is 5.75 Å². The van der Waals surface area contributed by atoms with Gasteiger partial charge < -0.3 is 5.11 Å². The van der Waals surface area contributed by atoms with E-state index in [2.05, 4.69) is 32.0 Å². The molecule has 0 atom stereocenters. The fourth-order valence-corrected chi connectivity index (χ4v) is 1.77. The van der Waals surface area contributed by atoms with Crippen molar-refractivity contribution in [3.63, 3.8) is 0 Å². The highest BCUT2D eigenvalue weighted by atomic mass is 16.3. The number of phenolic OH excluding ortho intramolecular Hbond substituents is 1. The summed E-state index contributed by atoms with van der Waals surface area (Å²) in [4.78, 5) is 0. The predicted molar refractivity (Wildman–Crippen MR) is 61.9 cm³/mol. The van der Waals surface area contributed by atoms with Crippen LogP contribution in [0.25, 0.3) is 11.1 Å². The van der Waals surface area contributed by atoms with Gasteiger partial charge in [0.25, 0.3) is 0 Å². The van der Waals surface area contributed by atoms with Gasteiger partial charge in [-0.1, -0.05) is 35.9 Å². The van der Waals surface area contributed by atoms with Crippen LogP contribution in [-0.4, -0.2) is 5.11 Å². The first-order valence-electron chi connectivity index (χ1n) is 4.95. The summed E-state index contributed by atoms with van der Waals surface area (Å²) in [6.45, 7) is 4.12. The standard InChI is InChI=1S/C14H13O/c1-10-7-8-12(11(2)9-10)13-5-3-4-6-14(13)15/h3,5-9,15H,1-2H3. The SMILES string of the molecule is Cc1ccc(-c2cc[c]cc2O)c(C)c1. The average molecular weight is 197 g/mol. The van der Waals surface area contributed by atoms with Gasteiger partial charge in [-0.05, 0) is 37.1 Å². The number of hydrogen-bond acceptors (Lipinski definition) is 1.